The van der Waals surface area contributed by atoms with Gasteiger partial charge in [0.1, 0.15) is 0 Å². The first-order chi connectivity index (χ1) is 28.2. The van der Waals surface area contributed by atoms with Gasteiger partial charge < -0.3 is 4.90 Å². The summed E-state index contributed by atoms with van der Waals surface area (Å²) in [7, 11) is 0. The molecule has 0 saturated carbocycles. The normalized spacial score (nSPS) is 11.2. The van der Waals surface area contributed by atoms with Gasteiger partial charge in [-0.3, -0.25) is 0 Å². The molecule has 0 aliphatic heterocycles. The number of hydrogen-bond donors (Lipinski definition) is 0. The first kappa shape index (κ1) is 34.0. The van der Waals surface area contributed by atoms with Gasteiger partial charge in [0.25, 0.3) is 0 Å². The zero-order valence-corrected chi connectivity index (χ0v) is 31.5. The summed E-state index contributed by atoms with van der Waals surface area (Å²) in [5, 5.41) is 5.01. The van der Waals surface area contributed by atoms with Crippen molar-refractivity contribution < 1.29 is 0 Å². The maximum Gasteiger partial charge on any atom is 0.0462 e. The van der Waals surface area contributed by atoms with Gasteiger partial charge in [-0.15, -0.1) is 0 Å². The Labute approximate surface area is 334 Å². The summed E-state index contributed by atoms with van der Waals surface area (Å²) in [6.07, 6.45) is 0. The second-order valence-electron chi connectivity index (χ2n) is 14.6. The van der Waals surface area contributed by atoms with Crippen molar-refractivity contribution in [2.45, 2.75) is 0 Å². The van der Waals surface area contributed by atoms with E-state index in [1.807, 2.05) is 0 Å². The lowest BCUT2D eigenvalue weighted by atomic mass is 9.89. The molecule has 0 heterocycles. The van der Waals surface area contributed by atoms with Gasteiger partial charge in [0.2, 0.25) is 0 Å². The summed E-state index contributed by atoms with van der Waals surface area (Å²) in [4.78, 5) is 2.35. The summed E-state index contributed by atoms with van der Waals surface area (Å²) in [6, 6.07) is 85.6. The molecule has 0 aliphatic carbocycles. The molecule has 0 atom stereocenters. The van der Waals surface area contributed by atoms with Crippen LogP contribution in [0.3, 0.4) is 0 Å². The van der Waals surface area contributed by atoms with Crippen molar-refractivity contribution in [3.63, 3.8) is 0 Å². The first-order valence-corrected chi connectivity index (χ1v) is 19.6. The number of benzene rings is 10. The molecular formula is C56H39N. The Morgan fingerprint density at radius 2 is 0.614 bits per heavy atom. The van der Waals surface area contributed by atoms with Crippen molar-refractivity contribution in [1.29, 1.82) is 0 Å². The van der Waals surface area contributed by atoms with Crippen molar-refractivity contribution in [3.05, 3.63) is 237 Å². The van der Waals surface area contributed by atoms with Crippen LogP contribution < -0.4 is 4.90 Å². The number of fused-ring (bicyclic) bond motifs is 2. The Kier molecular flexibility index (Phi) is 8.95. The predicted octanol–water partition coefficient (Wildman–Crippen LogP) is 15.8. The van der Waals surface area contributed by atoms with Crippen molar-refractivity contribution in [2.75, 3.05) is 4.90 Å². The lowest BCUT2D eigenvalue weighted by Crippen LogP contribution is -2.09. The molecule has 268 valence electrons. The molecule has 57 heavy (non-hydrogen) atoms. The van der Waals surface area contributed by atoms with Crippen LogP contribution in [0.4, 0.5) is 17.1 Å². The van der Waals surface area contributed by atoms with Gasteiger partial charge in [-0.1, -0.05) is 194 Å². The van der Waals surface area contributed by atoms with E-state index in [1.165, 1.54) is 77.2 Å². The molecule has 0 fully saturated rings. The molecule has 0 spiro atoms. The van der Waals surface area contributed by atoms with Crippen molar-refractivity contribution >= 4 is 38.6 Å². The summed E-state index contributed by atoms with van der Waals surface area (Å²) in [5.41, 5.74) is 15.4. The topological polar surface area (TPSA) is 3.24 Å². The second-order valence-corrected chi connectivity index (χ2v) is 14.6. The predicted molar refractivity (Wildman–Crippen MR) is 243 cm³/mol. The highest BCUT2D eigenvalue weighted by Gasteiger charge is 2.16. The van der Waals surface area contributed by atoms with Crippen LogP contribution in [0.15, 0.2) is 237 Å². The molecule has 0 N–H and O–H groups in total. The molecular weight excluding hydrogens is 687 g/mol. The number of rotatable bonds is 8. The van der Waals surface area contributed by atoms with Crippen molar-refractivity contribution in [3.8, 4) is 55.6 Å². The van der Waals surface area contributed by atoms with E-state index >= 15 is 0 Å². The summed E-state index contributed by atoms with van der Waals surface area (Å²) in [6.45, 7) is 0. The number of nitrogens with zero attached hydrogens (tertiary/aromatic N) is 1. The van der Waals surface area contributed by atoms with E-state index in [9.17, 15) is 0 Å². The molecule has 10 aromatic carbocycles. The van der Waals surface area contributed by atoms with Crippen molar-refractivity contribution in [2.24, 2.45) is 0 Å². The van der Waals surface area contributed by atoms with Crippen LogP contribution in [0.5, 0.6) is 0 Å². The van der Waals surface area contributed by atoms with Crippen LogP contribution in [0.1, 0.15) is 0 Å². The third-order valence-corrected chi connectivity index (χ3v) is 11.1. The van der Waals surface area contributed by atoms with Crippen molar-refractivity contribution in [1.82, 2.24) is 0 Å². The largest absolute Gasteiger partial charge is 0.311 e. The summed E-state index contributed by atoms with van der Waals surface area (Å²) < 4.78 is 0. The maximum absolute atomic E-state index is 2.35. The highest BCUT2D eigenvalue weighted by atomic mass is 15.1. The molecule has 0 amide bonds. The molecule has 0 aliphatic rings. The fraction of sp³-hybridized carbons (Fsp3) is 0. The lowest BCUT2D eigenvalue weighted by Gasteiger charge is -2.26. The highest BCUT2D eigenvalue weighted by Crippen LogP contribution is 2.41. The van der Waals surface area contributed by atoms with E-state index in [0.717, 1.165) is 17.1 Å². The molecule has 10 rings (SSSR count). The first-order valence-electron chi connectivity index (χ1n) is 19.6. The quantitative estimate of drug-likeness (QED) is 0.151. The Morgan fingerprint density at radius 1 is 0.228 bits per heavy atom. The molecule has 10 aromatic rings. The second kappa shape index (κ2) is 15.0. The van der Waals surface area contributed by atoms with Gasteiger partial charge in [-0.05, 0) is 120 Å². The SMILES string of the molecule is c1ccc(-c2ccc(N(c3ccc(-c4ccc(-c5ccc6ccccc6c5)cc4)cc3)c3ccc(-c4c(-c5ccccc5)ccc5ccccc45)cc3)cc2)cc1. The van der Waals surface area contributed by atoms with Crippen LogP contribution in [0, 0.1) is 0 Å². The molecule has 1 heteroatoms. The average Bonchev–Trinajstić information content (AvgIpc) is 3.30. The van der Waals surface area contributed by atoms with Gasteiger partial charge in [0, 0.05) is 17.1 Å². The molecule has 0 unspecified atom stereocenters. The standard InChI is InChI=1S/C56H39N/c1-3-11-40(12-4-1)43-25-32-51(33-26-43)57(52-34-27-44(28-35-52)42-19-21-45(22-20-42)50-24-23-41-13-7-8-17-49(41)39-50)53-36-29-48(30-37-53)56-54-18-10-9-16-47(54)31-38-55(56)46-14-5-2-6-15-46/h1-39H. The van der Waals surface area contributed by atoms with Gasteiger partial charge in [0.15, 0.2) is 0 Å². The van der Waals surface area contributed by atoms with Crippen LogP contribution in [-0.2, 0) is 0 Å². The summed E-state index contributed by atoms with van der Waals surface area (Å²) in [5.74, 6) is 0. The number of hydrogen-bond acceptors (Lipinski definition) is 1. The zero-order chi connectivity index (χ0) is 38.0. The van der Waals surface area contributed by atoms with Gasteiger partial charge in [-0.2, -0.15) is 0 Å². The minimum atomic E-state index is 1.10. The summed E-state index contributed by atoms with van der Waals surface area (Å²) >= 11 is 0. The van der Waals surface area contributed by atoms with Gasteiger partial charge in [0.05, 0.1) is 0 Å². The number of anilines is 3. The Hall–Kier alpha value is -7.48. The molecule has 1 nitrogen and oxygen atoms in total. The fourth-order valence-electron chi connectivity index (χ4n) is 8.13. The van der Waals surface area contributed by atoms with E-state index in [0.29, 0.717) is 0 Å². The van der Waals surface area contributed by atoms with E-state index in [-0.39, 0.29) is 0 Å². The zero-order valence-electron chi connectivity index (χ0n) is 31.5. The van der Waals surface area contributed by atoms with E-state index in [1.54, 1.807) is 0 Å². The Balaban J connectivity index is 1.01. The molecule has 0 bridgehead atoms. The van der Waals surface area contributed by atoms with E-state index < -0.39 is 0 Å². The minimum absolute atomic E-state index is 1.10. The monoisotopic (exact) mass is 725 g/mol. The maximum atomic E-state index is 2.35. The van der Waals surface area contributed by atoms with Crippen LogP contribution in [-0.4, -0.2) is 0 Å². The van der Waals surface area contributed by atoms with Gasteiger partial charge in [-0.25, -0.2) is 0 Å². The third-order valence-electron chi connectivity index (χ3n) is 11.1. The van der Waals surface area contributed by atoms with Crippen LogP contribution in [0.2, 0.25) is 0 Å². The Morgan fingerprint density at radius 3 is 1.19 bits per heavy atom. The fourth-order valence-corrected chi connectivity index (χ4v) is 8.13. The van der Waals surface area contributed by atoms with E-state index in [4.69, 9.17) is 0 Å². The van der Waals surface area contributed by atoms with E-state index in [2.05, 4.69) is 241 Å². The smallest absolute Gasteiger partial charge is 0.0462 e. The third kappa shape index (κ3) is 6.77. The Bertz CT molecular complexity index is 2950. The van der Waals surface area contributed by atoms with Crippen LogP contribution >= 0.6 is 0 Å². The minimum Gasteiger partial charge on any atom is -0.311 e. The van der Waals surface area contributed by atoms with Gasteiger partial charge >= 0.3 is 0 Å². The highest BCUT2D eigenvalue weighted by molar-refractivity contribution is 6.04. The van der Waals surface area contributed by atoms with Crippen LogP contribution in [0.25, 0.3) is 77.2 Å². The molecule has 0 saturated heterocycles. The average molecular weight is 726 g/mol. The lowest BCUT2D eigenvalue weighted by molar-refractivity contribution is 1.28. The molecule has 0 aromatic heterocycles. The molecule has 0 radical (unpaired) electrons.